The molecule has 0 heterocycles. The summed E-state index contributed by atoms with van der Waals surface area (Å²) in [7, 11) is 3.20. The van der Waals surface area contributed by atoms with Crippen LogP contribution >= 0.6 is 0 Å². The van der Waals surface area contributed by atoms with Gasteiger partial charge in [0.05, 0.1) is 19.4 Å². The van der Waals surface area contributed by atoms with Gasteiger partial charge in [-0.3, -0.25) is 0 Å². The number of anilines is 2. The maximum atomic E-state index is 12.0. The summed E-state index contributed by atoms with van der Waals surface area (Å²) in [5.74, 6) is 0.612. The largest absolute Gasteiger partial charge is 0.495 e. The van der Waals surface area contributed by atoms with Crippen LogP contribution in [-0.4, -0.2) is 20.3 Å². The molecule has 5 heteroatoms. The van der Waals surface area contributed by atoms with Crippen LogP contribution in [0.4, 0.5) is 16.2 Å². The van der Waals surface area contributed by atoms with Crippen LogP contribution in [0.1, 0.15) is 5.56 Å². The lowest BCUT2D eigenvalue weighted by Gasteiger charge is -2.11. The maximum absolute atomic E-state index is 12.0. The highest BCUT2D eigenvalue weighted by molar-refractivity contribution is 6.00. The summed E-state index contributed by atoms with van der Waals surface area (Å²) >= 11 is 0. The zero-order valence-electron chi connectivity index (χ0n) is 12.1. The number of nitrogens with one attached hydrogen (secondary N) is 2. The molecule has 0 unspecified atom stereocenters. The zero-order valence-corrected chi connectivity index (χ0v) is 12.1. The van der Waals surface area contributed by atoms with Crippen molar-refractivity contribution >= 4 is 17.4 Å². The van der Waals surface area contributed by atoms with Gasteiger partial charge in [0.1, 0.15) is 5.75 Å². The molecule has 110 valence electrons. The smallest absolute Gasteiger partial charge is 0.323 e. The Balaban J connectivity index is 2.03. The third-order valence-electron chi connectivity index (χ3n) is 2.85. The van der Waals surface area contributed by atoms with Crippen LogP contribution in [0.25, 0.3) is 0 Å². The van der Waals surface area contributed by atoms with Crippen LogP contribution in [0.3, 0.4) is 0 Å². The Bertz CT molecular complexity index is 614. The summed E-state index contributed by atoms with van der Waals surface area (Å²) in [6.45, 7) is 0.504. The average Bonchev–Trinajstić information content (AvgIpc) is 2.48. The molecule has 0 fully saturated rings. The van der Waals surface area contributed by atoms with Gasteiger partial charge >= 0.3 is 6.03 Å². The van der Waals surface area contributed by atoms with Gasteiger partial charge in [-0.1, -0.05) is 24.3 Å². The molecule has 0 radical (unpaired) electrons. The first-order valence-electron chi connectivity index (χ1n) is 6.52. The highest BCUT2D eigenvalue weighted by Crippen LogP contribution is 2.23. The number of amides is 2. The molecule has 21 heavy (non-hydrogen) atoms. The quantitative estimate of drug-likeness (QED) is 0.884. The predicted octanol–water partition coefficient (Wildman–Crippen LogP) is 3.49. The standard InChI is InChI=1S/C16H18N2O3/c1-20-11-12-6-5-7-13(10-12)17-16(19)18-14-8-3-4-9-15(14)21-2/h3-10H,11H2,1-2H3,(H2,17,18,19). The van der Waals surface area contributed by atoms with E-state index < -0.39 is 0 Å². The highest BCUT2D eigenvalue weighted by atomic mass is 16.5. The van der Waals surface area contributed by atoms with Crippen molar-refractivity contribution in [1.82, 2.24) is 0 Å². The molecule has 5 nitrogen and oxygen atoms in total. The molecule has 0 bridgehead atoms. The average molecular weight is 286 g/mol. The first-order valence-corrected chi connectivity index (χ1v) is 6.52. The number of para-hydroxylation sites is 2. The van der Waals surface area contributed by atoms with Crippen LogP contribution in [0.2, 0.25) is 0 Å². The minimum absolute atomic E-state index is 0.325. The van der Waals surface area contributed by atoms with Crippen molar-refractivity contribution in [3.63, 3.8) is 0 Å². The van der Waals surface area contributed by atoms with E-state index in [-0.39, 0.29) is 6.03 Å². The van der Waals surface area contributed by atoms with Gasteiger partial charge in [0, 0.05) is 12.8 Å². The molecule has 2 amide bonds. The number of carbonyl (C=O) groups is 1. The van der Waals surface area contributed by atoms with Gasteiger partial charge in [-0.25, -0.2) is 4.79 Å². The molecule has 0 aliphatic rings. The number of benzene rings is 2. The van der Waals surface area contributed by atoms with Crippen LogP contribution in [-0.2, 0) is 11.3 Å². The van der Waals surface area contributed by atoms with Gasteiger partial charge in [-0.05, 0) is 29.8 Å². The van der Waals surface area contributed by atoms with Crippen molar-refractivity contribution < 1.29 is 14.3 Å². The molecule has 0 saturated heterocycles. The molecule has 0 spiro atoms. The Morgan fingerprint density at radius 3 is 2.62 bits per heavy atom. The highest BCUT2D eigenvalue weighted by Gasteiger charge is 2.07. The topological polar surface area (TPSA) is 59.6 Å². The van der Waals surface area contributed by atoms with E-state index in [0.29, 0.717) is 23.7 Å². The molecule has 2 rings (SSSR count). The van der Waals surface area contributed by atoms with E-state index in [0.717, 1.165) is 5.56 Å². The fourth-order valence-electron chi connectivity index (χ4n) is 1.94. The molecule has 2 N–H and O–H groups in total. The first kappa shape index (κ1) is 14.9. The Kier molecular flexibility index (Phi) is 5.17. The molecule has 0 atom stereocenters. The summed E-state index contributed by atoms with van der Waals surface area (Å²) in [6, 6.07) is 14.4. The number of carbonyl (C=O) groups excluding carboxylic acids is 1. The van der Waals surface area contributed by atoms with Crippen molar-refractivity contribution in [2.45, 2.75) is 6.61 Å². The molecule has 0 aliphatic carbocycles. The van der Waals surface area contributed by atoms with Gasteiger partial charge in [0.2, 0.25) is 0 Å². The van der Waals surface area contributed by atoms with E-state index >= 15 is 0 Å². The Morgan fingerprint density at radius 1 is 1.05 bits per heavy atom. The van der Waals surface area contributed by atoms with Gasteiger partial charge in [-0.15, -0.1) is 0 Å². The van der Waals surface area contributed by atoms with E-state index in [1.54, 1.807) is 26.4 Å². The second-order valence-electron chi connectivity index (χ2n) is 4.41. The van der Waals surface area contributed by atoms with Crippen LogP contribution in [0.15, 0.2) is 48.5 Å². The number of methoxy groups -OCH3 is 2. The minimum Gasteiger partial charge on any atom is -0.495 e. The number of ether oxygens (including phenoxy) is 2. The van der Waals surface area contributed by atoms with Gasteiger partial charge in [0.25, 0.3) is 0 Å². The molecule has 0 aromatic heterocycles. The van der Waals surface area contributed by atoms with Gasteiger partial charge < -0.3 is 20.1 Å². The summed E-state index contributed by atoms with van der Waals surface area (Å²) in [4.78, 5) is 12.0. The number of hydrogen-bond donors (Lipinski definition) is 2. The number of hydrogen-bond acceptors (Lipinski definition) is 3. The SMILES string of the molecule is COCc1cccc(NC(=O)Nc2ccccc2OC)c1. The second-order valence-corrected chi connectivity index (χ2v) is 4.41. The van der Waals surface area contributed by atoms with Gasteiger partial charge in [-0.2, -0.15) is 0 Å². The van der Waals surface area contributed by atoms with E-state index in [1.165, 1.54) is 0 Å². The summed E-state index contributed by atoms with van der Waals surface area (Å²) in [5.41, 5.74) is 2.31. The second kappa shape index (κ2) is 7.31. The summed E-state index contributed by atoms with van der Waals surface area (Å²) in [5, 5.41) is 5.53. The molecule has 2 aromatic carbocycles. The molecule has 0 saturated carbocycles. The number of rotatable bonds is 5. The molecular weight excluding hydrogens is 268 g/mol. The van der Waals surface area contributed by atoms with E-state index in [1.807, 2.05) is 36.4 Å². The van der Waals surface area contributed by atoms with Crippen molar-refractivity contribution in [3.8, 4) is 5.75 Å². The Labute approximate surface area is 123 Å². The van der Waals surface area contributed by atoms with Crippen molar-refractivity contribution in [1.29, 1.82) is 0 Å². The third kappa shape index (κ3) is 4.22. The predicted molar refractivity (Wildman–Crippen MR) is 82.8 cm³/mol. The lowest BCUT2D eigenvalue weighted by atomic mass is 10.2. The van der Waals surface area contributed by atoms with Crippen LogP contribution in [0.5, 0.6) is 5.75 Å². The Hall–Kier alpha value is -2.53. The molecule has 0 aliphatic heterocycles. The first-order chi connectivity index (χ1) is 10.2. The summed E-state index contributed by atoms with van der Waals surface area (Å²) < 4.78 is 10.3. The minimum atomic E-state index is -0.325. The molecular formula is C16H18N2O3. The lowest BCUT2D eigenvalue weighted by molar-refractivity contribution is 0.185. The van der Waals surface area contributed by atoms with E-state index in [4.69, 9.17) is 9.47 Å². The van der Waals surface area contributed by atoms with E-state index in [9.17, 15) is 4.79 Å². The molecule has 2 aromatic rings. The van der Waals surface area contributed by atoms with Crippen LogP contribution < -0.4 is 15.4 Å². The Morgan fingerprint density at radius 2 is 1.86 bits per heavy atom. The normalized spacial score (nSPS) is 10.0. The van der Waals surface area contributed by atoms with E-state index in [2.05, 4.69) is 10.6 Å². The lowest BCUT2D eigenvalue weighted by Crippen LogP contribution is -2.19. The summed E-state index contributed by atoms with van der Waals surface area (Å²) in [6.07, 6.45) is 0. The van der Waals surface area contributed by atoms with Gasteiger partial charge in [0.15, 0.2) is 0 Å². The van der Waals surface area contributed by atoms with Crippen molar-refractivity contribution in [2.75, 3.05) is 24.9 Å². The maximum Gasteiger partial charge on any atom is 0.323 e. The monoisotopic (exact) mass is 286 g/mol. The fraction of sp³-hybridized carbons (Fsp3) is 0.188. The zero-order chi connectivity index (χ0) is 15.1. The van der Waals surface area contributed by atoms with Crippen molar-refractivity contribution in [3.05, 3.63) is 54.1 Å². The van der Waals surface area contributed by atoms with Crippen LogP contribution in [0, 0.1) is 0 Å². The van der Waals surface area contributed by atoms with Crippen molar-refractivity contribution in [2.24, 2.45) is 0 Å². The fourth-order valence-corrected chi connectivity index (χ4v) is 1.94. The third-order valence-corrected chi connectivity index (χ3v) is 2.85. The number of urea groups is 1.